The van der Waals surface area contributed by atoms with Crippen molar-refractivity contribution >= 4 is 24.2 Å². The van der Waals surface area contributed by atoms with Crippen LogP contribution in [-0.2, 0) is 9.59 Å². The summed E-state index contributed by atoms with van der Waals surface area (Å²) in [5.74, 6) is -0.185. The highest BCUT2D eigenvalue weighted by molar-refractivity contribution is 7.85. The summed E-state index contributed by atoms with van der Waals surface area (Å²) in [4.78, 5) is 23.5. The van der Waals surface area contributed by atoms with Gasteiger partial charge in [-0.15, -0.1) is 12.6 Å². The van der Waals surface area contributed by atoms with E-state index in [1.165, 1.54) is 63.5 Å². The molecule has 21 heavy (non-hydrogen) atoms. The molecule has 1 aliphatic carbocycles. The molecule has 1 rings (SSSR count). The van der Waals surface area contributed by atoms with Crippen LogP contribution < -0.4 is 0 Å². The van der Waals surface area contributed by atoms with Gasteiger partial charge in [0, 0.05) is 5.57 Å². The molecule has 0 amide bonds. The fourth-order valence-corrected chi connectivity index (χ4v) is 2.92. The predicted molar refractivity (Wildman–Crippen MR) is 91.6 cm³/mol. The highest BCUT2D eigenvalue weighted by Gasteiger charge is 2.19. The lowest BCUT2D eigenvalue weighted by atomic mass is 9.97. The second-order valence-electron chi connectivity index (χ2n) is 5.82. The zero-order valence-electron chi connectivity index (χ0n) is 13.2. The van der Waals surface area contributed by atoms with Crippen molar-refractivity contribution < 1.29 is 9.59 Å². The zero-order chi connectivity index (χ0) is 15.5. The minimum absolute atomic E-state index is 0.0458. The van der Waals surface area contributed by atoms with Gasteiger partial charge in [0.05, 0.1) is 4.91 Å². The Hall–Kier alpha value is -0.830. The fourth-order valence-electron chi connectivity index (χ4n) is 2.63. The van der Waals surface area contributed by atoms with Gasteiger partial charge in [-0.25, -0.2) is 0 Å². The number of carbonyl (C=O) groups excluding carboxylic acids is 2. The average molecular weight is 308 g/mol. The second kappa shape index (κ2) is 10.8. The first-order valence-electron chi connectivity index (χ1n) is 8.35. The molecule has 0 radical (unpaired) electrons. The Morgan fingerprint density at radius 1 is 0.762 bits per heavy atom. The van der Waals surface area contributed by atoms with E-state index in [4.69, 9.17) is 0 Å². The average Bonchev–Trinajstić information content (AvgIpc) is 2.48. The van der Waals surface area contributed by atoms with E-state index in [-0.39, 0.29) is 11.6 Å². The third-order valence-corrected chi connectivity index (χ3v) is 4.47. The van der Waals surface area contributed by atoms with Crippen molar-refractivity contribution in [1.82, 2.24) is 0 Å². The van der Waals surface area contributed by atoms with Gasteiger partial charge in [-0.2, -0.15) is 0 Å². The van der Waals surface area contributed by atoms with E-state index < -0.39 is 0 Å². The van der Waals surface area contributed by atoms with E-state index in [0.29, 0.717) is 16.9 Å². The van der Waals surface area contributed by atoms with Crippen molar-refractivity contribution in [2.75, 3.05) is 0 Å². The topological polar surface area (TPSA) is 34.1 Å². The molecule has 118 valence electrons. The normalized spacial score (nSPS) is 15.1. The number of carbonyl (C=O) groups is 2. The van der Waals surface area contributed by atoms with Crippen LogP contribution in [0.15, 0.2) is 22.6 Å². The number of hydrogen-bond acceptors (Lipinski definition) is 3. The molecule has 0 saturated carbocycles. The minimum Gasteiger partial charge on any atom is -0.290 e. The Kier molecular flexibility index (Phi) is 9.40. The van der Waals surface area contributed by atoms with Crippen LogP contribution in [0, 0.1) is 0 Å². The van der Waals surface area contributed by atoms with Gasteiger partial charge in [0.25, 0.3) is 0 Å². The molecule has 0 aromatic rings. The molecule has 2 nitrogen and oxygen atoms in total. The quantitative estimate of drug-likeness (QED) is 0.324. The summed E-state index contributed by atoms with van der Waals surface area (Å²) >= 11 is 4.17. The molecule has 0 N–H and O–H groups in total. The lowest BCUT2D eigenvalue weighted by Gasteiger charge is -2.10. The van der Waals surface area contributed by atoms with Crippen LogP contribution in [-0.4, -0.2) is 11.6 Å². The molecule has 3 heteroatoms. The van der Waals surface area contributed by atoms with E-state index in [9.17, 15) is 9.59 Å². The second-order valence-corrected chi connectivity index (χ2v) is 6.27. The largest absolute Gasteiger partial charge is 0.290 e. The molecule has 0 aromatic heterocycles. The number of ketones is 2. The summed E-state index contributed by atoms with van der Waals surface area (Å²) in [6.07, 6.45) is 16.1. The Bertz CT molecular complexity index is 407. The smallest absolute Gasteiger partial charge is 0.192 e. The molecular weight excluding hydrogens is 280 g/mol. The molecule has 0 bridgehead atoms. The molecular formula is C18H28O2S. The predicted octanol–water partition coefficient (Wildman–Crippen LogP) is 5.19. The van der Waals surface area contributed by atoms with Gasteiger partial charge in [0.2, 0.25) is 0 Å². The number of allylic oxidation sites excluding steroid dienone is 4. The van der Waals surface area contributed by atoms with Crippen LogP contribution in [0.25, 0.3) is 0 Å². The van der Waals surface area contributed by atoms with Crippen molar-refractivity contribution in [1.29, 1.82) is 0 Å². The lowest BCUT2D eigenvalue weighted by molar-refractivity contribution is -0.114. The van der Waals surface area contributed by atoms with Gasteiger partial charge < -0.3 is 0 Å². The van der Waals surface area contributed by atoms with E-state index in [1.807, 2.05) is 0 Å². The SMILES string of the molecule is CCCCCCCCCCCCC1=C(S)C(=O)C=CC1=O. The lowest BCUT2D eigenvalue weighted by Crippen LogP contribution is -2.11. The molecule has 0 atom stereocenters. The van der Waals surface area contributed by atoms with Crippen molar-refractivity contribution in [2.45, 2.75) is 77.6 Å². The summed E-state index contributed by atoms with van der Waals surface area (Å²) in [6, 6.07) is 0. The van der Waals surface area contributed by atoms with E-state index in [2.05, 4.69) is 19.6 Å². The van der Waals surface area contributed by atoms with Crippen molar-refractivity contribution in [3.05, 3.63) is 22.6 Å². The van der Waals surface area contributed by atoms with E-state index in [1.54, 1.807) is 0 Å². The van der Waals surface area contributed by atoms with Crippen molar-refractivity contribution in [3.63, 3.8) is 0 Å². The molecule has 0 aliphatic heterocycles. The standard InChI is InChI=1S/C18H28O2S/c1-2-3-4-5-6-7-8-9-10-11-12-15-16(19)13-14-17(20)18(15)21/h13-14,21H,2-12H2,1H3. The van der Waals surface area contributed by atoms with Gasteiger partial charge >= 0.3 is 0 Å². The van der Waals surface area contributed by atoms with Crippen molar-refractivity contribution in [3.8, 4) is 0 Å². The number of rotatable bonds is 11. The number of hydrogen-bond donors (Lipinski definition) is 1. The van der Waals surface area contributed by atoms with Gasteiger partial charge in [0.15, 0.2) is 11.6 Å². The van der Waals surface area contributed by atoms with E-state index >= 15 is 0 Å². The van der Waals surface area contributed by atoms with Gasteiger partial charge in [-0.3, -0.25) is 9.59 Å². The molecule has 0 spiro atoms. The summed E-state index contributed by atoms with van der Waals surface area (Å²) in [6.45, 7) is 2.24. The van der Waals surface area contributed by atoms with Gasteiger partial charge in [-0.05, 0) is 25.0 Å². The van der Waals surface area contributed by atoms with Crippen LogP contribution in [0.3, 0.4) is 0 Å². The van der Waals surface area contributed by atoms with Crippen LogP contribution in [0.5, 0.6) is 0 Å². The third-order valence-electron chi connectivity index (χ3n) is 3.98. The van der Waals surface area contributed by atoms with Crippen LogP contribution >= 0.6 is 12.6 Å². The maximum absolute atomic E-state index is 11.7. The highest BCUT2D eigenvalue weighted by atomic mass is 32.1. The molecule has 0 heterocycles. The van der Waals surface area contributed by atoms with Crippen LogP contribution in [0.1, 0.15) is 77.6 Å². The molecule has 0 saturated heterocycles. The van der Waals surface area contributed by atoms with Crippen molar-refractivity contribution in [2.24, 2.45) is 0 Å². The monoisotopic (exact) mass is 308 g/mol. The summed E-state index contributed by atoms with van der Waals surface area (Å²) < 4.78 is 0. The van der Waals surface area contributed by atoms with Gasteiger partial charge in [-0.1, -0.05) is 64.7 Å². The van der Waals surface area contributed by atoms with Gasteiger partial charge in [0.1, 0.15) is 0 Å². The molecule has 0 aromatic carbocycles. The maximum Gasteiger partial charge on any atom is 0.192 e. The minimum atomic E-state index is -0.139. The maximum atomic E-state index is 11.7. The first-order chi connectivity index (χ1) is 10.2. The molecule has 1 aliphatic rings. The summed E-state index contributed by atoms with van der Waals surface area (Å²) in [5.41, 5.74) is 0.602. The van der Waals surface area contributed by atoms with Crippen LogP contribution in [0.4, 0.5) is 0 Å². The summed E-state index contributed by atoms with van der Waals surface area (Å²) in [7, 11) is 0. The van der Waals surface area contributed by atoms with E-state index in [0.717, 1.165) is 12.8 Å². The molecule has 0 fully saturated rings. The Labute approximate surface area is 134 Å². The Morgan fingerprint density at radius 3 is 1.81 bits per heavy atom. The Morgan fingerprint density at radius 2 is 1.24 bits per heavy atom. The molecule has 0 unspecified atom stereocenters. The zero-order valence-corrected chi connectivity index (χ0v) is 14.1. The fraction of sp³-hybridized carbons (Fsp3) is 0.667. The third kappa shape index (κ3) is 7.12. The highest BCUT2D eigenvalue weighted by Crippen LogP contribution is 2.23. The Balaban J connectivity index is 2.05. The number of thiol groups is 1. The number of unbranched alkanes of at least 4 members (excludes halogenated alkanes) is 9. The summed E-state index contributed by atoms with van der Waals surface area (Å²) in [5, 5.41) is 0. The first-order valence-corrected chi connectivity index (χ1v) is 8.80. The van der Waals surface area contributed by atoms with Crippen LogP contribution in [0.2, 0.25) is 0 Å². The first kappa shape index (κ1) is 18.2.